The molecule has 0 aliphatic heterocycles. The van der Waals surface area contributed by atoms with Gasteiger partial charge in [0, 0.05) is 10.8 Å². The van der Waals surface area contributed by atoms with Crippen molar-refractivity contribution in [3.05, 3.63) is 52.5 Å². The van der Waals surface area contributed by atoms with E-state index in [1.54, 1.807) is 35.9 Å². The van der Waals surface area contributed by atoms with Crippen LogP contribution in [0.25, 0.3) is 0 Å². The van der Waals surface area contributed by atoms with Gasteiger partial charge in [-0.1, -0.05) is 18.2 Å². The number of thiazole rings is 2. The topological polar surface area (TPSA) is 127 Å². The van der Waals surface area contributed by atoms with Crippen molar-refractivity contribution >= 4 is 54.8 Å². The summed E-state index contributed by atoms with van der Waals surface area (Å²) in [5.74, 6) is -0.733. The predicted molar refractivity (Wildman–Crippen MR) is 114 cm³/mol. The number of nitrogens with zero attached hydrogens (tertiary/aromatic N) is 2. The van der Waals surface area contributed by atoms with Gasteiger partial charge in [-0.15, -0.1) is 22.7 Å². The Morgan fingerprint density at radius 2 is 1.63 bits per heavy atom. The fourth-order valence-corrected chi connectivity index (χ4v) is 5.05. The fraction of sp³-hybridized carbons (Fsp3) is 0.222. The molecule has 3 aromatic rings. The molecule has 12 heteroatoms. The summed E-state index contributed by atoms with van der Waals surface area (Å²) >= 11 is 2.29. The molecular formula is C18H18N4O5S3. The van der Waals surface area contributed by atoms with Gasteiger partial charge >= 0.3 is 5.97 Å². The SMILES string of the molecule is CCOC(=O)Cc1csc(NC(=O)Cc2csc(NS(=O)(=O)c3ccccc3)n2)n1. The number of hydrogen-bond donors (Lipinski definition) is 2. The Labute approximate surface area is 181 Å². The highest BCUT2D eigenvalue weighted by Crippen LogP contribution is 2.21. The van der Waals surface area contributed by atoms with Crippen LogP contribution in [0.1, 0.15) is 18.3 Å². The van der Waals surface area contributed by atoms with Crippen LogP contribution in [0.2, 0.25) is 0 Å². The van der Waals surface area contributed by atoms with Crippen molar-refractivity contribution in [2.75, 3.05) is 16.6 Å². The Morgan fingerprint density at radius 3 is 2.33 bits per heavy atom. The van der Waals surface area contributed by atoms with Crippen LogP contribution in [0.4, 0.5) is 10.3 Å². The first-order valence-corrected chi connectivity index (χ1v) is 12.0. The van der Waals surface area contributed by atoms with Crippen LogP contribution in [0.3, 0.4) is 0 Å². The fourth-order valence-electron chi connectivity index (χ4n) is 2.34. The van der Waals surface area contributed by atoms with Gasteiger partial charge in [-0.25, -0.2) is 18.4 Å². The van der Waals surface area contributed by atoms with E-state index in [0.29, 0.717) is 23.1 Å². The summed E-state index contributed by atoms with van der Waals surface area (Å²) < 4.78 is 31.9. The van der Waals surface area contributed by atoms with Crippen molar-refractivity contribution in [1.82, 2.24) is 9.97 Å². The number of benzene rings is 1. The van der Waals surface area contributed by atoms with Crippen LogP contribution in [-0.4, -0.2) is 36.9 Å². The number of nitrogens with one attached hydrogen (secondary N) is 2. The molecule has 3 rings (SSSR count). The Bertz CT molecular complexity index is 1130. The van der Waals surface area contributed by atoms with Gasteiger partial charge in [0.2, 0.25) is 5.91 Å². The highest BCUT2D eigenvalue weighted by molar-refractivity contribution is 7.93. The minimum atomic E-state index is -3.74. The summed E-state index contributed by atoms with van der Waals surface area (Å²) in [7, 11) is -3.74. The normalized spacial score (nSPS) is 11.1. The number of rotatable bonds is 9. The molecule has 30 heavy (non-hydrogen) atoms. The van der Waals surface area contributed by atoms with E-state index in [1.807, 2.05) is 0 Å². The van der Waals surface area contributed by atoms with Crippen LogP contribution in [-0.2, 0) is 37.2 Å². The van der Waals surface area contributed by atoms with Crippen LogP contribution in [0.5, 0.6) is 0 Å². The van der Waals surface area contributed by atoms with Gasteiger partial charge in [-0.3, -0.25) is 14.3 Å². The standard InChI is InChI=1S/C18H18N4O5S3/c1-2-27-16(24)9-13-11-28-17(19-13)21-15(23)8-12-10-29-18(20-12)22-30(25,26)14-6-4-3-5-7-14/h3-7,10-11H,2,8-9H2,1H3,(H,20,22)(H,19,21,23). The molecule has 2 N–H and O–H groups in total. The largest absolute Gasteiger partial charge is 0.466 e. The van der Waals surface area contributed by atoms with Gasteiger partial charge < -0.3 is 10.1 Å². The molecule has 0 spiro atoms. The maximum absolute atomic E-state index is 12.3. The number of aromatic nitrogens is 2. The number of amides is 1. The van der Waals surface area contributed by atoms with Crippen LogP contribution in [0.15, 0.2) is 46.0 Å². The van der Waals surface area contributed by atoms with Crippen LogP contribution in [0, 0.1) is 0 Å². The lowest BCUT2D eigenvalue weighted by molar-refractivity contribution is -0.142. The quantitative estimate of drug-likeness (QED) is 0.464. The Kier molecular flexibility index (Phi) is 7.13. The second-order valence-electron chi connectivity index (χ2n) is 5.91. The molecule has 0 saturated carbocycles. The molecular weight excluding hydrogens is 448 g/mol. The predicted octanol–water partition coefficient (Wildman–Crippen LogP) is 2.69. The zero-order chi connectivity index (χ0) is 21.6. The van der Waals surface area contributed by atoms with E-state index >= 15 is 0 Å². The first-order chi connectivity index (χ1) is 14.4. The molecule has 2 heterocycles. The molecule has 0 aliphatic rings. The van der Waals surface area contributed by atoms with Crippen molar-refractivity contribution in [3.63, 3.8) is 0 Å². The maximum Gasteiger partial charge on any atom is 0.311 e. The van der Waals surface area contributed by atoms with E-state index in [9.17, 15) is 18.0 Å². The Morgan fingerprint density at radius 1 is 1.00 bits per heavy atom. The molecule has 1 amide bonds. The second-order valence-corrected chi connectivity index (χ2v) is 9.31. The van der Waals surface area contributed by atoms with Crippen LogP contribution < -0.4 is 10.0 Å². The van der Waals surface area contributed by atoms with Crippen molar-refractivity contribution < 1.29 is 22.7 Å². The van der Waals surface area contributed by atoms with Gasteiger partial charge in [0.1, 0.15) is 0 Å². The molecule has 1 aromatic carbocycles. The van der Waals surface area contributed by atoms with Crippen molar-refractivity contribution in [2.45, 2.75) is 24.7 Å². The second kappa shape index (κ2) is 9.78. The third-order valence-electron chi connectivity index (χ3n) is 3.60. The summed E-state index contributed by atoms with van der Waals surface area (Å²) in [6.07, 6.45) is -0.00638. The molecule has 2 aromatic heterocycles. The van der Waals surface area contributed by atoms with Crippen molar-refractivity contribution in [1.29, 1.82) is 0 Å². The molecule has 158 valence electrons. The lowest BCUT2D eigenvalue weighted by Crippen LogP contribution is -2.15. The lowest BCUT2D eigenvalue weighted by Gasteiger charge is -2.04. The molecule has 9 nitrogen and oxygen atoms in total. The van der Waals surface area contributed by atoms with E-state index < -0.39 is 10.0 Å². The van der Waals surface area contributed by atoms with Crippen molar-refractivity contribution in [3.8, 4) is 0 Å². The molecule has 0 fully saturated rings. The number of hydrogen-bond acceptors (Lipinski definition) is 9. The summed E-state index contributed by atoms with van der Waals surface area (Å²) in [4.78, 5) is 32.2. The highest BCUT2D eigenvalue weighted by Gasteiger charge is 2.17. The zero-order valence-corrected chi connectivity index (χ0v) is 18.3. The zero-order valence-electron chi connectivity index (χ0n) is 15.8. The van der Waals surface area contributed by atoms with Gasteiger partial charge in [-0.2, -0.15) is 0 Å². The number of esters is 1. The molecule has 0 aliphatic carbocycles. The highest BCUT2D eigenvalue weighted by atomic mass is 32.2. The number of anilines is 2. The van der Waals surface area contributed by atoms with E-state index in [-0.39, 0.29) is 34.7 Å². The van der Waals surface area contributed by atoms with E-state index in [2.05, 4.69) is 20.0 Å². The van der Waals surface area contributed by atoms with Crippen molar-refractivity contribution in [2.24, 2.45) is 0 Å². The van der Waals surface area contributed by atoms with E-state index in [1.165, 1.54) is 23.5 Å². The van der Waals surface area contributed by atoms with Gasteiger partial charge in [0.05, 0.1) is 35.7 Å². The van der Waals surface area contributed by atoms with E-state index in [4.69, 9.17) is 4.74 Å². The third kappa shape index (κ3) is 6.08. The summed E-state index contributed by atoms with van der Waals surface area (Å²) in [5, 5.41) is 6.46. The Balaban J connectivity index is 1.55. The maximum atomic E-state index is 12.3. The molecule has 0 bridgehead atoms. The summed E-state index contributed by atoms with van der Waals surface area (Å²) in [6.45, 7) is 2.02. The minimum absolute atomic E-state index is 0.0389. The van der Waals surface area contributed by atoms with Gasteiger partial charge in [0.25, 0.3) is 10.0 Å². The molecule has 0 saturated heterocycles. The molecule has 0 atom stereocenters. The number of carbonyl (C=O) groups is 2. The first-order valence-electron chi connectivity index (χ1n) is 8.78. The number of ether oxygens (including phenoxy) is 1. The summed E-state index contributed by atoms with van der Waals surface area (Å²) in [5.41, 5.74) is 0.937. The van der Waals surface area contributed by atoms with Gasteiger partial charge in [-0.05, 0) is 19.1 Å². The number of sulfonamides is 1. The lowest BCUT2D eigenvalue weighted by atomic mass is 10.3. The molecule has 0 unspecified atom stereocenters. The third-order valence-corrected chi connectivity index (χ3v) is 6.69. The van der Waals surface area contributed by atoms with E-state index in [0.717, 1.165) is 11.3 Å². The number of carbonyl (C=O) groups excluding carboxylic acids is 2. The monoisotopic (exact) mass is 466 g/mol. The van der Waals surface area contributed by atoms with Gasteiger partial charge in [0.15, 0.2) is 10.3 Å². The minimum Gasteiger partial charge on any atom is -0.466 e. The summed E-state index contributed by atoms with van der Waals surface area (Å²) in [6, 6.07) is 7.94. The first kappa shape index (κ1) is 21.9. The Hall–Kier alpha value is -2.83. The smallest absolute Gasteiger partial charge is 0.311 e. The molecule has 0 radical (unpaired) electrons. The van der Waals surface area contributed by atoms with Crippen LogP contribution >= 0.6 is 22.7 Å². The average Bonchev–Trinajstić information content (AvgIpc) is 3.31. The average molecular weight is 467 g/mol.